The molecule has 2 saturated carbocycles. The molecule has 1 aromatic rings. The van der Waals surface area contributed by atoms with Crippen LogP contribution in [0.2, 0.25) is 0 Å². The summed E-state index contributed by atoms with van der Waals surface area (Å²) in [6.07, 6.45) is 7.78. The lowest BCUT2D eigenvalue weighted by atomic mass is 9.89. The molecule has 2 aliphatic carbocycles. The number of hydrogen-bond acceptors (Lipinski definition) is 4. The van der Waals surface area contributed by atoms with Gasteiger partial charge in [0.25, 0.3) is 5.91 Å². The SMILES string of the molecule is O=C(NCCOC(=O)C1CC2CCC1C2)c1ccncc1. The van der Waals surface area contributed by atoms with Gasteiger partial charge in [0.2, 0.25) is 0 Å². The Morgan fingerprint density at radius 1 is 1.24 bits per heavy atom. The molecule has 2 fully saturated rings. The summed E-state index contributed by atoms with van der Waals surface area (Å²) in [4.78, 5) is 27.6. The van der Waals surface area contributed by atoms with Crippen LogP contribution in [0.4, 0.5) is 0 Å². The van der Waals surface area contributed by atoms with Crippen LogP contribution in [-0.4, -0.2) is 30.0 Å². The first kappa shape index (κ1) is 14.0. The summed E-state index contributed by atoms with van der Waals surface area (Å²) in [5, 5.41) is 2.73. The average Bonchev–Trinajstić information content (AvgIpc) is 3.15. The van der Waals surface area contributed by atoms with Gasteiger partial charge in [-0.25, -0.2) is 0 Å². The van der Waals surface area contributed by atoms with Crippen molar-refractivity contribution >= 4 is 11.9 Å². The molecule has 3 rings (SSSR count). The molecule has 1 heterocycles. The zero-order valence-electron chi connectivity index (χ0n) is 12.0. The second-order valence-corrected chi connectivity index (χ2v) is 5.94. The van der Waals surface area contributed by atoms with Crippen molar-refractivity contribution in [2.75, 3.05) is 13.2 Å². The van der Waals surface area contributed by atoms with E-state index < -0.39 is 0 Å². The molecular weight excluding hydrogens is 268 g/mol. The van der Waals surface area contributed by atoms with Crippen molar-refractivity contribution in [3.63, 3.8) is 0 Å². The minimum Gasteiger partial charge on any atom is -0.464 e. The Morgan fingerprint density at radius 3 is 2.71 bits per heavy atom. The van der Waals surface area contributed by atoms with E-state index in [2.05, 4.69) is 10.3 Å². The molecule has 0 aromatic carbocycles. The zero-order valence-corrected chi connectivity index (χ0v) is 12.0. The Bertz CT molecular complexity index is 518. The number of esters is 1. The molecule has 0 aliphatic heterocycles. The van der Waals surface area contributed by atoms with Crippen LogP contribution in [0, 0.1) is 17.8 Å². The van der Waals surface area contributed by atoms with Gasteiger partial charge in [-0.1, -0.05) is 6.42 Å². The lowest BCUT2D eigenvalue weighted by Gasteiger charge is -2.19. The van der Waals surface area contributed by atoms with Crippen molar-refractivity contribution in [3.05, 3.63) is 30.1 Å². The van der Waals surface area contributed by atoms with Gasteiger partial charge in [-0.2, -0.15) is 0 Å². The molecule has 5 heteroatoms. The fraction of sp³-hybridized carbons (Fsp3) is 0.562. The van der Waals surface area contributed by atoms with Crippen LogP contribution < -0.4 is 5.32 Å². The van der Waals surface area contributed by atoms with Crippen LogP contribution in [0.5, 0.6) is 0 Å². The zero-order chi connectivity index (χ0) is 14.7. The maximum atomic E-state index is 12.0. The van der Waals surface area contributed by atoms with Gasteiger partial charge < -0.3 is 10.1 Å². The second-order valence-electron chi connectivity index (χ2n) is 5.94. The Morgan fingerprint density at radius 2 is 2.05 bits per heavy atom. The highest BCUT2D eigenvalue weighted by Gasteiger charge is 2.43. The van der Waals surface area contributed by atoms with E-state index in [1.54, 1.807) is 24.5 Å². The molecule has 3 unspecified atom stereocenters. The molecule has 5 nitrogen and oxygen atoms in total. The van der Waals surface area contributed by atoms with Crippen LogP contribution >= 0.6 is 0 Å². The van der Waals surface area contributed by atoms with Gasteiger partial charge in [-0.15, -0.1) is 0 Å². The molecule has 0 radical (unpaired) electrons. The van der Waals surface area contributed by atoms with Crippen LogP contribution in [0.15, 0.2) is 24.5 Å². The largest absolute Gasteiger partial charge is 0.464 e. The number of pyridine rings is 1. The van der Waals surface area contributed by atoms with Crippen LogP contribution in [-0.2, 0) is 9.53 Å². The van der Waals surface area contributed by atoms with Crippen LogP contribution in [0.1, 0.15) is 36.0 Å². The van der Waals surface area contributed by atoms with E-state index in [0.29, 0.717) is 18.0 Å². The Hall–Kier alpha value is -1.91. The number of aromatic nitrogens is 1. The van der Waals surface area contributed by atoms with E-state index in [4.69, 9.17) is 4.74 Å². The molecule has 2 bridgehead atoms. The summed E-state index contributed by atoms with van der Waals surface area (Å²) in [5.74, 6) is 1.11. The second kappa shape index (κ2) is 6.24. The predicted molar refractivity (Wildman–Crippen MR) is 76.5 cm³/mol. The predicted octanol–water partition coefficient (Wildman–Crippen LogP) is 1.79. The molecule has 0 saturated heterocycles. The van der Waals surface area contributed by atoms with Crippen LogP contribution in [0.25, 0.3) is 0 Å². The number of amides is 1. The minimum atomic E-state index is -0.173. The smallest absolute Gasteiger partial charge is 0.309 e. The summed E-state index contributed by atoms with van der Waals surface area (Å²) < 4.78 is 5.30. The quantitative estimate of drug-likeness (QED) is 0.662. The Kier molecular flexibility index (Phi) is 4.18. The van der Waals surface area contributed by atoms with Crippen LogP contribution in [0.3, 0.4) is 0 Å². The molecular formula is C16H20N2O3. The normalized spacial score (nSPS) is 26.6. The van der Waals surface area contributed by atoms with Crippen molar-refractivity contribution in [2.45, 2.75) is 25.7 Å². The van der Waals surface area contributed by atoms with Crippen molar-refractivity contribution in [2.24, 2.45) is 17.8 Å². The highest BCUT2D eigenvalue weighted by atomic mass is 16.5. The number of ether oxygens (including phenoxy) is 1. The maximum Gasteiger partial charge on any atom is 0.309 e. The van der Waals surface area contributed by atoms with E-state index in [9.17, 15) is 9.59 Å². The number of nitrogens with one attached hydrogen (secondary N) is 1. The number of nitrogens with zero attached hydrogens (tertiary/aromatic N) is 1. The fourth-order valence-electron chi connectivity index (χ4n) is 3.56. The number of rotatable bonds is 5. The fourth-order valence-corrected chi connectivity index (χ4v) is 3.56. The third-order valence-electron chi connectivity index (χ3n) is 4.62. The van der Waals surface area contributed by atoms with Gasteiger partial charge in [0.15, 0.2) is 0 Å². The molecule has 1 N–H and O–H groups in total. The van der Waals surface area contributed by atoms with E-state index >= 15 is 0 Å². The Balaban J connectivity index is 1.37. The first-order valence-corrected chi connectivity index (χ1v) is 7.59. The number of fused-ring (bicyclic) bond motifs is 2. The average molecular weight is 288 g/mol. The van der Waals surface area contributed by atoms with Gasteiger partial charge in [-0.3, -0.25) is 14.6 Å². The lowest BCUT2D eigenvalue weighted by Crippen LogP contribution is -2.30. The van der Waals surface area contributed by atoms with E-state index in [-0.39, 0.29) is 24.4 Å². The van der Waals surface area contributed by atoms with E-state index in [1.165, 1.54) is 19.3 Å². The molecule has 2 aliphatic rings. The topological polar surface area (TPSA) is 68.3 Å². The summed E-state index contributed by atoms with van der Waals surface area (Å²) in [5.41, 5.74) is 0.560. The highest BCUT2D eigenvalue weighted by molar-refractivity contribution is 5.93. The van der Waals surface area contributed by atoms with Crippen molar-refractivity contribution < 1.29 is 14.3 Å². The molecule has 112 valence electrons. The van der Waals surface area contributed by atoms with Crippen molar-refractivity contribution in [1.82, 2.24) is 10.3 Å². The monoisotopic (exact) mass is 288 g/mol. The highest BCUT2D eigenvalue weighted by Crippen LogP contribution is 2.48. The van der Waals surface area contributed by atoms with Gasteiger partial charge in [-0.05, 0) is 43.2 Å². The molecule has 21 heavy (non-hydrogen) atoms. The molecule has 3 atom stereocenters. The number of carbonyl (C=O) groups excluding carboxylic acids is 2. The minimum absolute atomic E-state index is 0.0830. The standard InChI is InChI=1S/C16H20N2O3/c19-15(12-3-5-17-6-4-12)18-7-8-21-16(20)14-10-11-1-2-13(14)9-11/h3-6,11,13-14H,1-2,7-10H2,(H,18,19). The number of hydrogen-bond donors (Lipinski definition) is 1. The summed E-state index contributed by atoms with van der Waals surface area (Å²) in [7, 11) is 0. The van der Waals surface area contributed by atoms with Crippen molar-refractivity contribution in [1.29, 1.82) is 0 Å². The van der Waals surface area contributed by atoms with Gasteiger partial charge in [0.05, 0.1) is 12.5 Å². The molecule has 1 aromatic heterocycles. The first-order valence-electron chi connectivity index (χ1n) is 7.59. The third-order valence-corrected chi connectivity index (χ3v) is 4.62. The summed E-state index contributed by atoms with van der Waals surface area (Å²) in [6.45, 7) is 0.581. The summed E-state index contributed by atoms with van der Waals surface area (Å²) in [6, 6.07) is 3.30. The first-order chi connectivity index (χ1) is 10.2. The van der Waals surface area contributed by atoms with Gasteiger partial charge >= 0.3 is 5.97 Å². The van der Waals surface area contributed by atoms with Gasteiger partial charge in [0.1, 0.15) is 6.61 Å². The summed E-state index contributed by atoms with van der Waals surface area (Å²) >= 11 is 0. The van der Waals surface area contributed by atoms with E-state index in [1.807, 2.05) is 0 Å². The third kappa shape index (κ3) is 3.23. The Labute approximate surface area is 124 Å². The van der Waals surface area contributed by atoms with Gasteiger partial charge in [0, 0.05) is 18.0 Å². The number of carbonyl (C=O) groups is 2. The van der Waals surface area contributed by atoms with Crippen molar-refractivity contribution in [3.8, 4) is 0 Å². The molecule has 0 spiro atoms. The maximum absolute atomic E-state index is 12.0. The van der Waals surface area contributed by atoms with E-state index in [0.717, 1.165) is 12.3 Å². The lowest BCUT2D eigenvalue weighted by molar-refractivity contribution is -0.150. The molecule has 1 amide bonds.